The van der Waals surface area contributed by atoms with E-state index in [-0.39, 0.29) is 18.4 Å². The number of rotatable bonds is 16. The van der Waals surface area contributed by atoms with E-state index in [0.717, 1.165) is 64.8 Å². The number of aromatic nitrogens is 2. The molecule has 2 heterocycles. The minimum Gasteiger partial charge on any atom is -0.481 e. The molecule has 274 valence electrons. The molecule has 2 aliphatic rings. The van der Waals surface area contributed by atoms with Crippen molar-refractivity contribution in [2.75, 3.05) is 20.8 Å². The van der Waals surface area contributed by atoms with Crippen molar-refractivity contribution in [3.05, 3.63) is 86.9 Å². The second-order valence-corrected chi connectivity index (χ2v) is 14.2. The van der Waals surface area contributed by atoms with Gasteiger partial charge in [0.25, 0.3) is 0 Å². The zero-order valence-electron chi connectivity index (χ0n) is 29.3. The zero-order valence-corrected chi connectivity index (χ0v) is 30.8. The number of methoxy groups -OCH3 is 2. The molecule has 6 rings (SSSR count). The molecule has 0 amide bonds. The van der Waals surface area contributed by atoms with Gasteiger partial charge in [0.2, 0.25) is 17.6 Å². The van der Waals surface area contributed by atoms with Crippen LogP contribution in [-0.4, -0.2) is 58.8 Å². The Morgan fingerprint density at radius 2 is 1.69 bits per heavy atom. The number of fused-ring (bicyclic) bond motifs is 1. The average Bonchev–Trinajstić information content (AvgIpc) is 3.74. The highest BCUT2D eigenvalue weighted by Gasteiger charge is 2.29. The second kappa shape index (κ2) is 17.1. The minimum absolute atomic E-state index is 0.267. The summed E-state index contributed by atoms with van der Waals surface area (Å²) in [4.78, 5) is 31.9. The van der Waals surface area contributed by atoms with Crippen LogP contribution in [0.5, 0.6) is 17.6 Å². The van der Waals surface area contributed by atoms with Crippen molar-refractivity contribution >= 4 is 35.0 Å². The van der Waals surface area contributed by atoms with Gasteiger partial charge >= 0.3 is 5.97 Å². The van der Waals surface area contributed by atoms with Crippen molar-refractivity contribution < 1.29 is 34.0 Å². The van der Waals surface area contributed by atoms with E-state index in [4.69, 9.17) is 47.5 Å². The van der Waals surface area contributed by atoms with Gasteiger partial charge in [0, 0.05) is 41.6 Å². The van der Waals surface area contributed by atoms with Crippen molar-refractivity contribution in [2.45, 2.75) is 76.5 Å². The van der Waals surface area contributed by atoms with E-state index < -0.39 is 12.1 Å². The molecular formula is C40H43Cl2N3O7. The first-order valence-electron chi connectivity index (χ1n) is 17.6. The fourth-order valence-electron chi connectivity index (χ4n) is 7.23. The lowest BCUT2D eigenvalue weighted by Crippen LogP contribution is -2.21. The number of benzene rings is 2. The Morgan fingerprint density at radius 1 is 0.942 bits per heavy atom. The number of Topliss-reactive ketones (excluding diaryl/α,β-unsaturated/α-hetero) is 1. The first kappa shape index (κ1) is 37.5. The summed E-state index contributed by atoms with van der Waals surface area (Å²) in [6.45, 7) is 1.38. The summed E-state index contributed by atoms with van der Waals surface area (Å²) in [6, 6.07) is 17.8. The van der Waals surface area contributed by atoms with Gasteiger partial charge in [-0.25, -0.2) is 4.98 Å². The Bertz CT molecular complexity index is 1940. The van der Waals surface area contributed by atoms with Crippen LogP contribution in [0.4, 0.5) is 0 Å². The van der Waals surface area contributed by atoms with Crippen molar-refractivity contribution in [1.82, 2.24) is 15.3 Å². The van der Waals surface area contributed by atoms with Crippen LogP contribution >= 0.6 is 23.2 Å². The standard InChI is InChI=1S/C40H43Cl2N3O7/c1-50-38-24(6-3-7-26(46)20-36(48)49)19-33(41)40(45-38)52-35-17-15-29-28(8-4-9-30(29)35)31-10-5-11-32(37(31)42)34-16-13-25(39(44-34)51-2)22-43-21-23-12-14-27(47)18-23/h4-5,8-11,13,16,19,23,26,35,43,46H,3,6-7,12,14-15,17-18,20-22H2,1-2H3,(H,48,49)/t23-,26-,35+/m1/s1. The Morgan fingerprint density at radius 3 is 2.44 bits per heavy atom. The molecule has 3 N–H and O–H groups in total. The van der Waals surface area contributed by atoms with Crippen LogP contribution < -0.4 is 19.5 Å². The molecule has 3 atom stereocenters. The average molecular weight is 749 g/mol. The molecule has 4 aromatic rings. The first-order valence-corrected chi connectivity index (χ1v) is 18.4. The molecule has 0 radical (unpaired) electrons. The van der Waals surface area contributed by atoms with E-state index in [1.165, 1.54) is 7.11 Å². The summed E-state index contributed by atoms with van der Waals surface area (Å²) in [7, 11) is 3.14. The molecule has 0 spiro atoms. The van der Waals surface area contributed by atoms with Crippen LogP contribution in [0.3, 0.4) is 0 Å². The van der Waals surface area contributed by atoms with Crippen molar-refractivity contribution in [2.24, 2.45) is 5.92 Å². The van der Waals surface area contributed by atoms with Gasteiger partial charge in [-0.2, -0.15) is 4.98 Å². The number of nitrogens with zero attached hydrogens (tertiary/aromatic N) is 2. The highest BCUT2D eigenvalue weighted by Crippen LogP contribution is 2.44. The monoisotopic (exact) mass is 747 g/mol. The summed E-state index contributed by atoms with van der Waals surface area (Å²) in [6.07, 6.45) is 3.65. The largest absolute Gasteiger partial charge is 0.481 e. The number of carboxylic acids is 1. The number of aryl methyl sites for hydroxylation is 1. The molecule has 1 saturated carbocycles. The SMILES string of the molecule is COc1nc(-c2cccc(-c3cccc4c3CC[C@@H]4Oc3nc(OC)c(CCC[C@@H](O)CC(=O)O)cc3Cl)c2Cl)ccc1CNC[C@@H]1CCC(=O)C1. The van der Waals surface area contributed by atoms with Crippen LogP contribution in [0.15, 0.2) is 54.6 Å². The van der Waals surface area contributed by atoms with E-state index in [0.29, 0.717) is 77.8 Å². The molecule has 0 saturated heterocycles. The number of carbonyl (C=O) groups excluding carboxylic acids is 1. The summed E-state index contributed by atoms with van der Waals surface area (Å²) >= 11 is 13.8. The molecule has 0 unspecified atom stereocenters. The predicted octanol–water partition coefficient (Wildman–Crippen LogP) is 7.82. The maximum absolute atomic E-state index is 11.6. The number of nitrogens with one attached hydrogen (secondary N) is 1. The van der Waals surface area contributed by atoms with Crippen LogP contribution in [0.2, 0.25) is 10.0 Å². The van der Waals surface area contributed by atoms with Crippen LogP contribution in [0.1, 0.15) is 73.3 Å². The number of aliphatic carboxylic acids is 1. The molecule has 12 heteroatoms. The highest BCUT2D eigenvalue weighted by molar-refractivity contribution is 6.36. The number of carboxylic acid groups (broad SMARTS) is 1. The van der Waals surface area contributed by atoms with Crippen molar-refractivity contribution in [3.8, 4) is 40.0 Å². The maximum atomic E-state index is 11.6. The minimum atomic E-state index is -1.03. The fraction of sp³-hybridized carbons (Fsp3) is 0.400. The normalized spacial score (nSPS) is 17.2. The van der Waals surface area contributed by atoms with E-state index in [1.54, 1.807) is 13.2 Å². The van der Waals surface area contributed by atoms with Crippen LogP contribution in [0.25, 0.3) is 22.4 Å². The van der Waals surface area contributed by atoms with Crippen LogP contribution in [-0.2, 0) is 29.0 Å². The summed E-state index contributed by atoms with van der Waals surface area (Å²) in [5.74, 6) is 0.865. The molecule has 0 bridgehead atoms. The van der Waals surface area contributed by atoms with E-state index in [1.807, 2.05) is 36.4 Å². The second-order valence-electron chi connectivity index (χ2n) is 13.4. The maximum Gasteiger partial charge on any atom is 0.305 e. The van der Waals surface area contributed by atoms with Gasteiger partial charge in [-0.15, -0.1) is 0 Å². The third kappa shape index (κ3) is 8.69. The number of ether oxygens (including phenoxy) is 3. The number of ketones is 1. The highest BCUT2D eigenvalue weighted by atomic mass is 35.5. The lowest BCUT2D eigenvalue weighted by Gasteiger charge is -2.18. The van der Waals surface area contributed by atoms with Gasteiger partial charge in [0.05, 0.1) is 37.5 Å². The van der Waals surface area contributed by atoms with E-state index in [2.05, 4.69) is 22.4 Å². The number of aliphatic hydroxyl groups excluding tert-OH is 1. The first-order chi connectivity index (χ1) is 25.1. The topological polar surface area (TPSA) is 140 Å². The fourth-order valence-corrected chi connectivity index (χ4v) is 7.78. The van der Waals surface area contributed by atoms with Crippen molar-refractivity contribution in [3.63, 3.8) is 0 Å². The molecule has 52 heavy (non-hydrogen) atoms. The summed E-state index contributed by atoms with van der Waals surface area (Å²) < 4.78 is 17.6. The Balaban J connectivity index is 1.18. The third-order valence-electron chi connectivity index (χ3n) is 9.83. The van der Waals surface area contributed by atoms with Gasteiger partial charge in [0.15, 0.2) is 0 Å². The lowest BCUT2D eigenvalue weighted by atomic mass is 9.94. The molecule has 0 aliphatic heterocycles. The molecule has 10 nitrogen and oxygen atoms in total. The number of hydrogen-bond acceptors (Lipinski definition) is 9. The van der Waals surface area contributed by atoms with E-state index >= 15 is 0 Å². The molecule has 2 aromatic heterocycles. The van der Waals surface area contributed by atoms with Gasteiger partial charge in [0.1, 0.15) is 16.9 Å². The van der Waals surface area contributed by atoms with Gasteiger partial charge in [-0.05, 0) is 79.8 Å². The van der Waals surface area contributed by atoms with Crippen LogP contribution in [0, 0.1) is 5.92 Å². The smallest absolute Gasteiger partial charge is 0.305 e. The number of carbonyl (C=O) groups is 2. The molecule has 2 aliphatic carbocycles. The predicted molar refractivity (Wildman–Crippen MR) is 199 cm³/mol. The number of pyridine rings is 2. The number of halogens is 2. The Kier molecular flexibility index (Phi) is 12.3. The molecule has 2 aromatic carbocycles. The van der Waals surface area contributed by atoms with Crippen molar-refractivity contribution in [1.29, 1.82) is 0 Å². The van der Waals surface area contributed by atoms with Gasteiger partial charge in [-0.1, -0.05) is 65.7 Å². The number of hydrogen-bond donors (Lipinski definition) is 3. The summed E-state index contributed by atoms with van der Waals surface area (Å²) in [5.41, 5.74) is 7.28. The van der Waals surface area contributed by atoms with Gasteiger partial charge < -0.3 is 29.7 Å². The molecular weight excluding hydrogens is 705 g/mol. The molecule has 1 fully saturated rings. The number of aliphatic hydroxyl groups is 1. The quantitative estimate of drug-likeness (QED) is 0.104. The zero-order chi connectivity index (χ0) is 36.8. The third-order valence-corrected chi connectivity index (χ3v) is 10.5. The lowest BCUT2D eigenvalue weighted by molar-refractivity contribution is -0.139. The summed E-state index contributed by atoms with van der Waals surface area (Å²) in [5, 5.41) is 23.2. The van der Waals surface area contributed by atoms with E-state index in [9.17, 15) is 14.7 Å². The van der Waals surface area contributed by atoms with Gasteiger partial charge in [-0.3, -0.25) is 9.59 Å². The Hall–Kier alpha value is -4.22. The Labute approximate surface area is 313 Å².